The highest BCUT2D eigenvalue weighted by atomic mass is 19.4. The molecule has 22 heavy (non-hydrogen) atoms. The van der Waals surface area contributed by atoms with E-state index in [9.17, 15) is 18.0 Å². The van der Waals surface area contributed by atoms with Gasteiger partial charge >= 0.3 is 6.36 Å². The third-order valence-electron chi connectivity index (χ3n) is 2.58. The van der Waals surface area contributed by atoms with Gasteiger partial charge in [0.1, 0.15) is 11.5 Å². The lowest BCUT2D eigenvalue weighted by atomic mass is 10.3. The number of ether oxygens (including phenoxy) is 1. The lowest BCUT2D eigenvalue weighted by Crippen LogP contribution is -2.29. The van der Waals surface area contributed by atoms with E-state index in [0.717, 1.165) is 12.1 Å². The molecule has 0 aliphatic carbocycles. The topological polar surface area (TPSA) is 63.5 Å². The maximum atomic E-state index is 12.0. The van der Waals surface area contributed by atoms with Crippen molar-refractivity contribution in [3.05, 3.63) is 48.4 Å². The van der Waals surface area contributed by atoms with E-state index in [4.69, 9.17) is 4.42 Å². The summed E-state index contributed by atoms with van der Waals surface area (Å²) in [5, 5.41) is 5.41. The predicted molar refractivity (Wildman–Crippen MR) is 72.2 cm³/mol. The SMILES string of the molecule is O=C(CNc1ccc(OC(F)(F)F)cc1)NCc1ccco1. The van der Waals surface area contributed by atoms with Crippen LogP contribution in [0.2, 0.25) is 0 Å². The molecule has 1 aromatic heterocycles. The first-order chi connectivity index (χ1) is 10.4. The first kappa shape index (κ1) is 15.7. The van der Waals surface area contributed by atoms with Gasteiger partial charge in [-0.1, -0.05) is 0 Å². The zero-order chi connectivity index (χ0) is 16.0. The van der Waals surface area contributed by atoms with Gasteiger partial charge in [-0.05, 0) is 36.4 Å². The highest BCUT2D eigenvalue weighted by molar-refractivity contribution is 5.80. The Bertz CT molecular complexity index is 595. The van der Waals surface area contributed by atoms with Crippen molar-refractivity contribution in [2.75, 3.05) is 11.9 Å². The normalized spacial score (nSPS) is 11.0. The number of hydrogen-bond acceptors (Lipinski definition) is 4. The van der Waals surface area contributed by atoms with Gasteiger partial charge in [0.15, 0.2) is 0 Å². The van der Waals surface area contributed by atoms with E-state index in [2.05, 4.69) is 15.4 Å². The first-order valence-electron chi connectivity index (χ1n) is 6.31. The average Bonchev–Trinajstić information content (AvgIpc) is 2.96. The van der Waals surface area contributed by atoms with Gasteiger partial charge < -0.3 is 19.8 Å². The molecule has 8 heteroatoms. The number of nitrogens with one attached hydrogen (secondary N) is 2. The van der Waals surface area contributed by atoms with Crippen LogP contribution in [0.4, 0.5) is 18.9 Å². The first-order valence-corrected chi connectivity index (χ1v) is 6.31. The molecule has 0 saturated heterocycles. The molecule has 1 aromatic carbocycles. The lowest BCUT2D eigenvalue weighted by Gasteiger charge is -2.10. The minimum atomic E-state index is -4.72. The summed E-state index contributed by atoms with van der Waals surface area (Å²) in [6.45, 7) is 0.256. The fourth-order valence-electron chi connectivity index (χ4n) is 1.62. The van der Waals surface area contributed by atoms with Gasteiger partial charge in [0, 0.05) is 5.69 Å². The van der Waals surface area contributed by atoms with Crippen LogP contribution in [-0.4, -0.2) is 18.8 Å². The van der Waals surface area contributed by atoms with E-state index < -0.39 is 6.36 Å². The van der Waals surface area contributed by atoms with Gasteiger partial charge in [-0.15, -0.1) is 13.2 Å². The average molecular weight is 314 g/mol. The Morgan fingerprint density at radius 1 is 1.18 bits per heavy atom. The van der Waals surface area contributed by atoms with Crippen LogP contribution in [-0.2, 0) is 11.3 Å². The monoisotopic (exact) mass is 314 g/mol. The summed E-state index contributed by atoms with van der Waals surface area (Å²) < 4.78 is 44.8. The summed E-state index contributed by atoms with van der Waals surface area (Å²) in [6.07, 6.45) is -3.22. The van der Waals surface area contributed by atoms with Gasteiger partial charge in [0.05, 0.1) is 19.4 Å². The van der Waals surface area contributed by atoms with Crippen molar-refractivity contribution in [2.24, 2.45) is 0 Å². The molecule has 0 atom stereocenters. The van der Waals surface area contributed by atoms with Gasteiger partial charge in [-0.25, -0.2) is 0 Å². The summed E-state index contributed by atoms with van der Waals surface area (Å²) >= 11 is 0. The number of rotatable bonds is 6. The molecule has 0 spiro atoms. The third-order valence-corrected chi connectivity index (χ3v) is 2.58. The largest absolute Gasteiger partial charge is 0.573 e. The Morgan fingerprint density at radius 2 is 1.91 bits per heavy atom. The number of alkyl halides is 3. The molecular weight excluding hydrogens is 301 g/mol. The lowest BCUT2D eigenvalue weighted by molar-refractivity contribution is -0.274. The molecule has 118 valence electrons. The van der Waals surface area contributed by atoms with Crippen molar-refractivity contribution in [1.82, 2.24) is 5.32 Å². The molecule has 5 nitrogen and oxygen atoms in total. The zero-order valence-corrected chi connectivity index (χ0v) is 11.3. The van der Waals surface area contributed by atoms with Gasteiger partial charge in [-0.3, -0.25) is 4.79 Å². The number of amides is 1. The summed E-state index contributed by atoms with van der Waals surface area (Å²) in [4.78, 5) is 11.6. The number of benzene rings is 1. The number of hydrogen-bond donors (Lipinski definition) is 2. The fraction of sp³-hybridized carbons (Fsp3) is 0.214. The smallest absolute Gasteiger partial charge is 0.467 e. The van der Waals surface area contributed by atoms with Crippen LogP contribution in [0.5, 0.6) is 5.75 Å². The van der Waals surface area contributed by atoms with Crippen molar-refractivity contribution in [2.45, 2.75) is 12.9 Å². The molecule has 2 aromatic rings. The summed E-state index contributed by atoms with van der Waals surface area (Å²) in [6, 6.07) is 8.55. The maximum Gasteiger partial charge on any atom is 0.573 e. The molecule has 0 bridgehead atoms. The minimum Gasteiger partial charge on any atom is -0.467 e. The predicted octanol–water partition coefficient (Wildman–Crippen LogP) is 2.91. The van der Waals surface area contributed by atoms with Gasteiger partial charge in [-0.2, -0.15) is 0 Å². The van der Waals surface area contributed by atoms with Crippen molar-refractivity contribution in [3.63, 3.8) is 0 Å². The molecule has 0 aliphatic heterocycles. The van der Waals surface area contributed by atoms with Crippen LogP contribution >= 0.6 is 0 Å². The summed E-state index contributed by atoms with van der Waals surface area (Å²) in [7, 11) is 0. The number of furan rings is 1. The van der Waals surface area contributed by atoms with Crippen molar-refractivity contribution in [1.29, 1.82) is 0 Å². The van der Waals surface area contributed by atoms with E-state index in [-0.39, 0.29) is 24.7 Å². The number of anilines is 1. The molecule has 0 fully saturated rings. The van der Waals surface area contributed by atoms with Crippen molar-refractivity contribution >= 4 is 11.6 Å². The number of carbonyl (C=O) groups excluding carboxylic acids is 1. The Morgan fingerprint density at radius 3 is 2.50 bits per heavy atom. The second kappa shape index (κ2) is 6.88. The van der Waals surface area contributed by atoms with Gasteiger partial charge in [0.25, 0.3) is 0 Å². The van der Waals surface area contributed by atoms with E-state index in [0.29, 0.717) is 11.4 Å². The maximum absolute atomic E-state index is 12.0. The molecule has 1 amide bonds. The van der Waals surface area contributed by atoms with Crippen LogP contribution in [0.25, 0.3) is 0 Å². The molecule has 2 rings (SSSR count). The van der Waals surface area contributed by atoms with E-state index in [1.54, 1.807) is 12.1 Å². The van der Waals surface area contributed by atoms with Crippen LogP contribution in [0, 0.1) is 0 Å². The standard InChI is InChI=1S/C14H13F3N2O3/c15-14(16,17)22-11-5-3-10(4-6-11)18-9-13(20)19-8-12-2-1-7-21-12/h1-7,18H,8-9H2,(H,19,20). The Kier molecular flexibility index (Phi) is 4.92. The molecule has 0 aliphatic rings. The second-order valence-electron chi connectivity index (χ2n) is 4.28. The Labute approximate surface area is 124 Å². The Balaban J connectivity index is 1.75. The van der Waals surface area contributed by atoms with E-state index in [1.807, 2.05) is 0 Å². The molecule has 0 unspecified atom stereocenters. The molecule has 0 radical (unpaired) electrons. The van der Waals surface area contributed by atoms with Crippen molar-refractivity contribution in [3.8, 4) is 5.75 Å². The highest BCUT2D eigenvalue weighted by Gasteiger charge is 2.30. The van der Waals surface area contributed by atoms with Crippen molar-refractivity contribution < 1.29 is 27.1 Å². The molecular formula is C14H13F3N2O3. The molecule has 0 saturated carbocycles. The Hall–Kier alpha value is -2.64. The van der Waals surface area contributed by atoms with E-state index >= 15 is 0 Å². The summed E-state index contributed by atoms with van der Waals surface area (Å²) in [5.74, 6) is 0.0364. The third kappa shape index (κ3) is 5.39. The van der Waals surface area contributed by atoms with Crippen LogP contribution < -0.4 is 15.4 Å². The highest BCUT2D eigenvalue weighted by Crippen LogP contribution is 2.23. The van der Waals surface area contributed by atoms with Crippen LogP contribution in [0.15, 0.2) is 47.1 Å². The summed E-state index contributed by atoms with van der Waals surface area (Å²) in [5.41, 5.74) is 0.502. The zero-order valence-electron chi connectivity index (χ0n) is 11.3. The molecule has 2 N–H and O–H groups in total. The van der Waals surface area contributed by atoms with Gasteiger partial charge in [0.2, 0.25) is 5.91 Å². The molecule has 1 heterocycles. The quantitative estimate of drug-likeness (QED) is 0.860. The number of halogens is 3. The van der Waals surface area contributed by atoms with Crippen LogP contribution in [0.1, 0.15) is 5.76 Å². The van der Waals surface area contributed by atoms with E-state index in [1.165, 1.54) is 18.4 Å². The minimum absolute atomic E-state index is 0.0137. The number of carbonyl (C=O) groups is 1. The fourth-order valence-corrected chi connectivity index (χ4v) is 1.62. The second-order valence-corrected chi connectivity index (χ2v) is 4.28. The van der Waals surface area contributed by atoms with Crippen LogP contribution in [0.3, 0.4) is 0 Å².